The van der Waals surface area contributed by atoms with Gasteiger partial charge in [-0.15, -0.1) is 0 Å². The van der Waals surface area contributed by atoms with E-state index in [1.807, 2.05) is 31.2 Å². The lowest BCUT2D eigenvalue weighted by atomic mass is 10.0. The van der Waals surface area contributed by atoms with E-state index in [0.717, 1.165) is 36.1 Å². The molecule has 3 aromatic rings. The number of sulfonamides is 1. The Bertz CT molecular complexity index is 1180. The Morgan fingerprint density at radius 1 is 0.828 bits per heavy atom. The van der Waals surface area contributed by atoms with Crippen molar-refractivity contribution in [1.82, 2.24) is 4.72 Å². The SMILES string of the molecule is Cc1cc2c(cc1S(=O)(=O)NC1Cc3ccccc3C1)Sc1ccccc1CC2. The Hall–Kier alpha value is -2.08. The van der Waals surface area contributed by atoms with Gasteiger partial charge in [-0.1, -0.05) is 60.3 Å². The van der Waals surface area contributed by atoms with Crippen LogP contribution in [0, 0.1) is 6.92 Å². The van der Waals surface area contributed by atoms with Crippen molar-refractivity contribution >= 4 is 21.8 Å². The molecule has 5 heteroatoms. The molecule has 2 aliphatic rings. The molecule has 0 atom stereocenters. The van der Waals surface area contributed by atoms with Crippen LogP contribution in [0.4, 0.5) is 0 Å². The van der Waals surface area contributed by atoms with E-state index in [1.165, 1.54) is 27.1 Å². The predicted molar refractivity (Wildman–Crippen MR) is 117 cm³/mol. The first kappa shape index (κ1) is 18.9. The fourth-order valence-corrected chi connectivity index (χ4v) is 7.15. The van der Waals surface area contributed by atoms with E-state index in [0.29, 0.717) is 4.90 Å². The van der Waals surface area contributed by atoms with Gasteiger partial charge >= 0.3 is 0 Å². The van der Waals surface area contributed by atoms with Crippen LogP contribution in [0.1, 0.15) is 27.8 Å². The van der Waals surface area contributed by atoms with Crippen LogP contribution in [-0.4, -0.2) is 14.5 Å². The molecule has 1 N–H and O–H groups in total. The summed E-state index contributed by atoms with van der Waals surface area (Å²) in [5, 5.41) is 0. The Morgan fingerprint density at radius 2 is 1.45 bits per heavy atom. The maximum Gasteiger partial charge on any atom is 0.241 e. The highest BCUT2D eigenvalue weighted by molar-refractivity contribution is 7.99. The van der Waals surface area contributed by atoms with Gasteiger partial charge in [0.15, 0.2) is 0 Å². The fraction of sp³-hybridized carbons (Fsp3) is 0.250. The number of hydrogen-bond acceptors (Lipinski definition) is 3. The third kappa shape index (κ3) is 3.63. The molecule has 1 aliphatic carbocycles. The number of nitrogens with one attached hydrogen (secondary N) is 1. The van der Waals surface area contributed by atoms with Gasteiger partial charge < -0.3 is 0 Å². The van der Waals surface area contributed by atoms with Crippen LogP contribution in [0.3, 0.4) is 0 Å². The molecule has 0 saturated carbocycles. The number of fused-ring (bicyclic) bond motifs is 3. The zero-order valence-electron chi connectivity index (χ0n) is 16.3. The van der Waals surface area contributed by atoms with Crippen molar-refractivity contribution in [2.24, 2.45) is 0 Å². The van der Waals surface area contributed by atoms with Crippen LogP contribution in [-0.2, 0) is 35.7 Å². The van der Waals surface area contributed by atoms with Gasteiger partial charge in [-0.05, 0) is 72.6 Å². The van der Waals surface area contributed by atoms with Crippen LogP contribution >= 0.6 is 11.8 Å². The Balaban J connectivity index is 1.45. The lowest BCUT2D eigenvalue weighted by Crippen LogP contribution is -2.35. The molecule has 0 unspecified atom stereocenters. The van der Waals surface area contributed by atoms with Crippen molar-refractivity contribution in [3.63, 3.8) is 0 Å². The predicted octanol–water partition coefficient (Wildman–Crippen LogP) is 4.69. The third-order valence-corrected chi connectivity index (χ3v) is 8.76. The maximum atomic E-state index is 13.3. The first-order valence-electron chi connectivity index (χ1n) is 9.98. The molecule has 0 saturated heterocycles. The molecule has 29 heavy (non-hydrogen) atoms. The summed E-state index contributed by atoms with van der Waals surface area (Å²) in [6.07, 6.45) is 3.43. The molecule has 0 amide bonds. The average molecular weight is 422 g/mol. The minimum Gasteiger partial charge on any atom is -0.207 e. The van der Waals surface area contributed by atoms with E-state index >= 15 is 0 Å². The molecule has 0 aromatic heterocycles. The molecule has 0 radical (unpaired) electrons. The molecular formula is C24H23NO2S2. The minimum absolute atomic E-state index is 0.0796. The van der Waals surface area contributed by atoms with E-state index < -0.39 is 10.0 Å². The number of aryl methyl sites for hydroxylation is 3. The highest BCUT2D eigenvalue weighted by Gasteiger charge is 2.28. The van der Waals surface area contributed by atoms with Gasteiger partial charge in [-0.2, -0.15) is 0 Å². The molecule has 5 rings (SSSR count). The number of benzene rings is 3. The molecule has 1 aliphatic heterocycles. The fourth-order valence-electron chi connectivity index (χ4n) is 4.43. The van der Waals surface area contributed by atoms with E-state index in [2.05, 4.69) is 41.1 Å². The molecular weight excluding hydrogens is 398 g/mol. The van der Waals surface area contributed by atoms with Crippen LogP contribution < -0.4 is 4.72 Å². The van der Waals surface area contributed by atoms with Crippen LogP contribution in [0.25, 0.3) is 0 Å². The largest absolute Gasteiger partial charge is 0.241 e. The Morgan fingerprint density at radius 3 is 2.17 bits per heavy atom. The lowest BCUT2D eigenvalue weighted by Gasteiger charge is -2.16. The summed E-state index contributed by atoms with van der Waals surface area (Å²) in [6, 6.07) is 20.5. The molecule has 3 aromatic carbocycles. The smallest absolute Gasteiger partial charge is 0.207 e. The molecule has 1 heterocycles. The Kier molecular flexibility index (Phi) is 4.77. The van der Waals surface area contributed by atoms with Gasteiger partial charge in [0.1, 0.15) is 0 Å². The second-order valence-corrected chi connectivity index (χ2v) is 10.7. The number of rotatable bonds is 3. The normalized spacial score (nSPS) is 16.0. The zero-order chi connectivity index (χ0) is 20.0. The molecule has 3 nitrogen and oxygen atoms in total. The van der Waals surface area contributed by atoms with Gasteiger partial charge in [0.05, 0.1) is 4.90 Å². The monoisotopic (exact) mass is 421 g/mol. The summed E-state index contributed by atoms with van der Waals surface area (Å²) in [7, 11) is -3.58. The standard InChI is InChI=1S/C24H23NO2S2/c1-16-12-20-11-10-17-6-4-5-9-22(17)28-23(20)15-24(16)29(26,27)25-21-13-18-7-2-3-8-19(18)14-21/h2-9,12,15,21,25H,10-11,13-14H2,1H3. The van der Waals surface area contributed by atoms with Crippen LogP contribution in [0.5, 0.6) is 0 Å². The summed E-state index contributed by atoms with van der Waals surface area (Å²) in [4.78, 5) is 2.67. The van der Waals surface area contributed by atoms with Gasteiger partial charge in [0.25, 0.3) is 0 Å². The van der Waals surface area contributed by atoms with Crippen molar-refractivity contribution in [2.75, 3.05) is 0 Å². The second kappa shape index (κ2) is 7.31. The van der Waals surface area contributed by atoms with E-state index in [4.69, 9.17) is 0 Å². The zero-order valence-corrected chi connectivity index (χ0v) is 17.9. The molecule has 148 valence electrons. The maximum absolute atomic E-state index is 13.3. The van der Waals surface area contributed by atoms with Crippen molar-refractivity contribution < 1.29 is 8.42 Å². The average Bonchev–Trinajstić information content (AvgIpc) is 3.00. The minimum atomic E-state index is -3.58. The topological polar surface area (TPSA) is 46.2 Å². The van der Waals surface area contributed by atoms with Gasteiger partial charge in [-0.25, -0.2) is 13.1 Å². The van der Waals surface area contributed by atoms with Crippen molar-refractivity contribution in [1.29, 1.82) is 0 Å². The third-order valence-electron chi connectivity index (χ3n) is 5.88. The lowest BCUT2D eigenvalue weighted by molar-refractivity contribution is 0.555. The van der Waals surface area contributed by atoms with Crippen LogP contribution in [0.15, 0.2) is 75.4 Å². The highest BCUT2D eigenvalue weighted by atomic mass is 32.2. The van der Waals surface area contributed by atoms with Crippen molar-refractivity contribution in [3.05, 3.63) is 88.5 Å². The molecule has 0 fully saturated rings. The molecule has 0 spiro atoms. The quantitative estimate of drug-likeness (QED) is 0.667. The summed E-state index contributed by atoms with van der Waals surface area (Å²) >= 11 is 1.68. The van der Waals surface area contributed by atoms with Gasteiger partial charge in [0, 0.05) is 15.8 Å². The highest BCUT2D eigenvalue weighted by Crippen LogP contribution is 2.39. The van der Waals surface area contributed by atoms with E-state index in [9.17, 15) is 8.42 Å². The van der Waals surface area contributed by atoms with E-state index in [1.54, 1.807) is 11.8 Å². The Labute approximate surface area is 176 Å². The van der Waals surface area contributed by atoms with Gasteiger partial charge in [-0.3, -0.25) is 0 Å². The molecule has 0 bridgehead atoms. The summed E-state index contributed by atoms with van der Waals surface area (Å²) in [6.45, 7) is 1.90. The van der Waals surface area contributed by atoms with Crippen LogP contribution in [0.2, 0.25) is 0 Å². The first-order chi connectivity index (χ1) is 14.0. The number of hydrogen-bond donors (Lipinski definition) is 1. The summed E-state index contributed by atoms with van der Waals surface area (Å²) in [5.74, 6) is 0. The summed E-state index contributed by atoms with van der Waals surface area (Å²) in [5.41, 5.74) is 5.86. The second-order valence-electron chi connectivity index (χ2n) is 7.93. The van der Waals surface area contributed by atoms with Gasteiger partial charge in [0.2, 0.25) is 10.0 Å². The van der Waals surface area contributed by atoms with Crippen molar-refractivity contribution in [2.45, 2.75) is 53.3 Å². The summed E-state index contributed by atoms with van der Waals surface area (Å²) < 4.78 is 29.5. The first-order valence-corrected chi connectivity index (χ1v) is 12.3. The van der Waals surface area contributed by atoms with E-state index in [-0.39, 0.29) is 6.04 Å². The van der Waals surface area contributed by atoms with Crippen molar-refractivity contribution in [3.8, 4) is 0 Å².